The fraction of sp³-hybridized carbons (Fsp3) is 0.409. The summed E-state index contributed by atoms with van der Waals surface area (Å²) in [4.78, 5) is 28.1. The van der Waals surface area contributed by atoms with Crippen LogP contribution in [0, 0.1) is 0 Å². The molecule has 1 saturated carbocycles. The number of carbonyl (C=O) groups excluding carboxylic acids is 1. The van der Waals surface area contributed by atoms with Gasteiger partial charge in [-0.05, 0) is 36.0 Å². The van der Waals surface area contributed by atoms with E-state index in [9.17, 15) is 14.7 Å². The van der Waals surface area contributed by atoms with E-state index in [1.165, 1.54) is 37.7 Å². The molecule has 1 aliphatic carbocycles. The Morgan fingerprint density at radius 1 is 1.11 bits per heavy atom. The second-order valence-corrected chi connectivity index (χ2v) is 7.22. The van der Waals surface area contributed by atoms with Crippen LogP contribution in [-0.4, -0.2) is 27.9 Å². The largest absolute Gasteiger partial charge is 0.480 e. The van der Waals surface area contributed by atoms with Crippen molar-refractivity contribution >= 4 is 11.8 Å². The van der Waals surface area contributed by atoms with E-state index in [0.29, 0.717) is 18.0 Å². The molecule has 0 radical (unpaired) electrons. The molecule has 142 valence electrons. The molecule has 1 fully saturated rings. The summed E-state index contributed by atoms with van der Waals surface area (Å²) >= 11 is 0. The Labute approximate surface area is 159 Å². The number of carbonyl (C=O) groups is 2. The van der Waals surface area contributed by atoms with Crippen molar-refractivity contribution < 1.29 is 14.7 Å². The maximum absolute atomic E-state index is 12.5. The standard InChI is InChI=1S/C22H26N2O3/c25-21(13-20(22(26)27)24-15-16-5-4-12-23-14-16)19-10-8-18(9-11-19)17-6-2-1-3-7-17/h4-5,8-12,14,17,20,24H,1-3,6-7,13,15H2,(H,26,27)/t20-/m1/s1. The van der Waals surface area contributed by atoms with E-state index in [1.807, 2.05) is 30.3 Å². The highest BCUT2D eigenvalue weighted by Crippen LogP contribution is 2.32. The summed E-state index contributed by atoms with van der Waals surface area (Å²) in [5.74, 6) is -0.585. The maximum atomic E-state index is 12.5. The molecule has 0 aliphatic heterocycles. The Kier molecular flexibility index (Phi) is 6.71. The molecule has 1 heterocycles. The van der Waals surface area contributed by atoms with Crippen LogP contribution in [0.1, 0.15) is 65.9 Å². The number of hydrogen-bond acceptors (Lipinski definition) is 4. The zero-order chi connectivity index (χ0) is 19.1. The van der Waals surface area contributed by atoms with Crippen molar-refractivity contribution in [2.24, 2.45) is 0 Å². The van der Waals surface area contributed by atoms with Gasteiger partial charge in [0.15, 0.2) is 5.78 Å². The fourth-order valence-corrected chi connectivity index (χ4v) is 3.67. The molecule has 0 amide bonds. The van der Waals surface area contributed by atoms with E-state index < -0.39 is 12.0 Å². The molecule has 5 nitrogen and oxygen atoms in total. The van der Waals surface area contributed by atoms with Crippen LogP contribution in [0.15, 0.2) is 48.8 Å². The van der Waals surface area contributed by atoms with Gasteiger partial charge in [0, 0.05) is 30.9 Å². The van der Waals surface area contributed by atoms with Gasteiger partial charge in [-0.3, -0.25) is 19.9 Å². The van der Waals surface area contributed by atoms with Crippen molar-refractivity contribution in [1.82, 2.24) is 10.3 Å². The minimum atomic E-state index is -1.02. The fourth-order valence-electron chi connectivity index (χ4n) is 3.67. The van der Waals surface area contributed by atoms with Gasteiger partial charge < -0.3 is 5.11 Å². The Morgan fingerprint density at radius 3 is 2.48 bits per heavy atom. The van der Waals surface area contributed by atoms with E-state index in [2.05, 4.69) is 10.3 Å². The van der Waals surface area contributed by atoms with Gasteiger partial charge in [0.05, 0.1) is 0 Å². The molecule has 0 spiro atoms. The first-order valence-corrected chi connectivity index (χ1v) is 9.62. The van der Waals surface area contributed by atoms with Crippen LogP contribution in [0.25, 0.3) is 0 Å². The number of ketones is 1. The molecule has 1 aromatic heterocycles. The van der Waals surface area contributed by atoms with Crippen LogP contribution < -0.4 is 5.32 Å². The van der Waals surface area contributed by atoms with E-state index >= 15 is 0 Å². The Bertz CT molecular complexity index is 753. The van der Waals surface area contributed by atoms with Crippen LogP contribution in [0.5, 0.6) is 0 Å². The van der Waals surface area contributed by atoms with Gasteiger partial charge in [0.1, 0.15) is 6.04 Å². The summed E-state index contributed by atoms with van der Waals surface area (Å²) in [5.41, 5.74) is 2.74. The van der Waals surface area contributed by atoms with Gasteiger partial charge in [-0.2, -0.15) is 0 Å². The molecule has 3 rings (SSSR count). The predicted octanol–water partition coefficient (Wildman–Crippen LogP) is 3.95. The molecule has 0 bridgehead atoms. The summed E-state index contributed by atoms with van der Waals surface area (Å²) < 4.78 is 0. The summed E-state index contributed by atoms with van der Waals surface area (Å²) in [5, 5.41) is 12.4. The smallest absolute Gasteiger partial charge is 0.321 e. The lowest BCUT2D eigenvalue weighted by molar-refractivity contribution is -0.139. The number of Topliss-reactive ketones (excluding diaryl/α,β-unsaturated/α-hetero) is 1. The third-order valence-electron chi connectivity index (χ3n) is 5.27. The summed E-state index contributed by atoms with van der Waals surface area (Å²) in [6.45, 7) is 0.360. The Hall–Kier alpha value is -2.53. The molecule has 27 heavy (non-hydrogen) atoms. The van der Waals surface area contributed by atoms with Crippen LogP contribution >= 0.6 is 0 Å². The Morgan fingerprint density at radius 2 is 1.85 bits per heavy atom. The molecule has 1 aromatic carbocycles. The number of aromatic nitrogens is 1. The topological polar surface area (TPSA) is 79.3 Å². The first-order chi connectivity index (χ1) is 13.1. The van der Waals surface area contributed by atoms with Crippen molar-refractivity contribution in [3.05, 3.63) is 65.5 Å². The third-order valence-corrected chi connectivity index (χ3v) is 5.27. The number of benzene rings is 1. The monoisotopic (exact) mass is 366 g/mol. The first kappa shape index (κ1) is 19.2. The molecule has 2 aromatic rings. The van der Waals surface area contributed by atoms with Crippen molar-refractivity contribution in [2.45, 2.75) is 57.0 Å². The highest BCUT2D eigenvalue weighted by Gasteiger charge is 2.22. The van der Waals surface area contributed by atoms with E-state index in [0.717, 1.165) is 5.56 Å². The zero-order valence-corrected chi connectivity index (χ0v) is 15.4. The maximum Gasteiger partial charge on any atom is 0.321 e. The number of hydrogen-bond donors (Lipinski definition) is 2. The molecule has 2 N–H and O–H groups in total. The second-order valence-electron chi connectivity index (χ2n) is 7.22. The SMILES string of the molecule is O=C(C[C@@H](NCc1cccnc1)C(=O)O)c1ccc(C2CCCCC2)cc1. The number of carboxylic acid groups (broad SMARTS) is 1. The quantitative estimate of drug-likeness (QED) is 0.692. The third kappa shape index (κ3) is 5.47. The van der Waals surface area contributed by atoms with Gasteiger partial charge in [0.2, 0.25) is 0 Å². The van der Waals surface area contributed by atoms with Crippen LogP contribution in [0.2, 0.25) is 0 Å². The van der Waals surface area contributed by atoms with Crippen molar-refractivity contribution in [3.63, 3.8) is 0 Å². The lowest BCUT2D eigenvalue weighted by Gasteiger charge is -2.22. The minimum Gasteiger partial charge on any atom is -0.480 e. The number of carboxylic acids is 1. The summed E-state index contributed by atoms with van der Waals surface area (Å²) in [6.07, 6.45) is 9.56. The first-order valence-electron chi connectivity index (χ1n) is 9.62. The zero-order valence-electron chi connectivity index (χ0n) is 15.4. The average molecular weight is 366 g/mol. The van der Waals surface area contributed by atoms with Gasteiger partial charge in [-0.15, -0.1) is 0 Å². The number of aliphatic carboxylic acids is 1. The molecule has 0 unspecified atom stereocenters. The molecule has 1 atom stereocenters. The minimum absolute atomic E-state index is 0.0711. The molecule has 1 aliphatic rings. The predicted molar refractivity (Wildman–Crippen MR) is 104 cm³/mol. The van der Waals surface area contributed by atoms with Crippen molar-refractivity contribution in [2.75, 3.05) is 0 Å². The molecule has 0 saturated heterocycles. The lowest BCUT2D eigenvalue weighted by atomic mass is 9.84. The summed E-state index contributed by atoms with van der Waals surface area (Å²) in [6, 6.07) is 10.5. The van der Waals surface area contributed by atoms with Gasteiger partial charge in [0.25, 0.3) is 0 Å². The van der Waals surface area contributed by atoms with Gasteiger partial charge >= 0.3 is 5.97 Å². The van der Waals surface area contributed by atoms with Gasteiger partial charge in [-0.25, -0.2) is 0 Å². The van der Waals surface area contributed by atoms with E-state index in [4.69, 9.17) is 0 Å². The number of rotatable bonds is 8. The van der Waals surface area contributed by atoms with Crippen molar-refractivity contribution in [3.8, 4) is 0 Å². The number of nitrogens with one attached hydrogen (secondary N) is 1. The van der Waals surface area contributed by atoms with Crippen LogP contribution in [0.4, 0.5) is 0 Å². The second kappa shape index (κ2) is 9.42. The number of nitrogens with zero attached hydrogens (tertiary/aromatic N) is 1. The Balaban J connectivity index is 1.58. The summed E-state index contributed by atoms with van der Waals surface area (Å²) in [7, 11) is 0. The van der Waals surface area contributed by atoms with E-state index in [1.54, 1.807) is 18.5 Å². The van der Waals surface area contributed by atoms with Gasteiger partial charge in [-0.1, -0.05) is 49.6 Å². The van der Waals surface area contributed by atoms with E-state index in [-0.39, 0.29) is 12.2 Å². The van der Waals surface area contributed by atoms with Crippen LogP contribution in [-0.2, 0) is 11.3 Å². The molecular formula is C22H26N2O3. The van der Waals surface area contributed by atoms with Crippen LogP contribution in [0.3, 0.4) is 0 Å². The van der Waals surface area contributed by atoms with Crippen molar-refractivity contribution in [1.29, 1.82) is 0 Å². The normalized spacial score (nSPS) is 16.0. The highest BCUT2D eigenvalue weighted by molar-refractivity contribution is 5.98. The lowest BCUT2D eigenvalue weighted by Crippen LogP contribution is -2.38. The average Bonchev–Trinajstić information content (AvgIpc) is 2.72. The molecule has 5 heteroatoms. The highest BCUT2D eigenvalue weighted by atomic mass is 16.4. The molecular weight excluding hydrogens is 340 g/mol. The number of pyridine rings is 1.